The molecule has 4 heterocycles. The van der Waals surface area contributed by atoms with Crippen molar-refractivity contribution in [3.8, 4) is 16.9 Å². The number of anilines is 2. The number of benzene rings is 3. The van der Waals surface area contributed by atoms with Crippen molar-refractivity contribution in [3.63, 3.8) is 0 Å². The Hall–Kier alpha value is -4.50. The highest BCUT2D eigenvalue weighted by molar-refractivity contribution is 5.82. The molecular formula is C32H32FN7O. The lowest BCUT2D eigenvalue weighted by molar-refractivity contribution is 0.331. The Morgan fingerprint density at radius 3 is 2.59 bits per heavy atom. The number of rotatable bonds is 6. The van der Waals surface area contributed by atoms with Crippen molar-refractivity contribution in [1.29, 1.82) is 0 Å². The first-order valence-corrected chi connectivity index (χ1v) is 14.0. The molecule has 0 radical (unpaired) electrons. The van der Waals surface area contributed by atoms with Crippen molar-refractivity contribution in [1.82, 2.24) is 25.3 Å². The molecule has 1 saturated heterocycles. The van der Waals surface area contributed by atoms with Crippen LogP contribution in [0.4, 0.5) is 16.2 Å². The summed E-state index contributed by atoms with van der Waals surface area (Å²) in [6, 6.07) is 19.7. The molecule has 2 aliphatic rings. The molecule has 5 aromatic rings. The monoisotopic (exact) mass is 549 g/mol. The minimum Gasteiger partial charge on any atom is -0.491 e. The average Bonchev–Trinajstić information content (AvgIpc) is 3.18. The maximum atomic E-state index is 13.6. The Morgan fingerprint density at radius 1 is 0.976 bits per heavy atom. The van der Waals surface area contributed by atoms with E-state index < -0.39 is 0 Å². The van der Waals surface area contributed by atoms with Crippen LogP contribution in [0, 0.1) is 19.7 Å². The first-order chi connectivity index (χ1) is 20.0. The minimum atomic E-state index is -0.241. The number of hydrogen-bond donors (Lipinski definition) is 3. The van der Waals surface area contributed by atoms with Gasteiger partial charge in [-0.15, -0.1) is 0 Å². The van der Waals surface area contributed by atoms with Crippen LogP contribution in [0.3, 0.4) is 0 Å². The Labute approximate surface area is 238 Å². The average molecular weight is 550 g/mol. The summed E-state index contributed by atoms with van der Waals surface area (Å²) < 4.78 is 19.9. The first kappa shape index (κ1) is 25.5. The van der Waals surface area contributed by atoms with E-state index in [1.54, 1.807) is 0 Å². The summed E-state index contributed by atoms with van der Waals surface area (Å²) in [4.78, 5) is 20.0. The van der Waals surface area contributed by atoms with E-state index in [2.05, 4.69) is 61.9 Å². The normalized spacial score (nSPS) is 15.2. The van der Waals surface area contributed by atoms with Gasteiger partial charge in [0.2, 0.25) is 5.95 Å². The smallest absolute Gasteiger partial charge is 0.225 e. The highest BCUT2D eigenvalue weighted by Gasteiger charge is 2.24. The fraction of sp³-hybridized carbons (Fsp3) is 0.281. The van der Waals surface area contributed by atoms with Gasteiger partial charge in [0.25, 0.3) is 0 Å². The third kappa shape index (κ3) is 5.20. The third-order valence-electron chi connectivity index (χ3n) is 7.87. The lowest BCUT2D eigenvalue weighted by Gasteiger charge is -2.30. The largest absolute Gasteiger partial charge is 0.491 e. The maximum Gasteiger partial charge on any atom is 0.225 e. The number of ether oxygens (including phenoxy) is 1. The van der Waals surface area contributed by atoms with Gasteiger partial charge in [0, 0.05) is 42.9 Å². The van der Waals surface area contributed by atoms with E-state index in [0.717, 1.165) is 75.0 Å². The van der Waals surface area contributed by atoms with Gasteiger partial charge in [-0.3, -0.25) is 0 Å². The van der Waals surface area contributed by atoms with E-state index in [1.807, 2.05) is 26.0 Å². The van der Waals surface area contributed by atoms with Gasteiger partial charge in [-0.2, -0.15) is 4.98 Å². The quantitative estimate of drug-likeness (QED) is 0.270. The molecule has 208 valence electrons. The van der Waals surface area contributed by atoms with Crippen LogP contribution < -0.4 is 20.3 Å². The summed E-state index contributed by atoms with van der Waals surface area (Å²) in [6.45, 7) is 7.66. The van der Waals surface area contributed by atoms with Gasteiger partial charge in [-0.1, -0.05) is 24.3 Å². The summed E-state index contributed by atoms with van der Waals surface area (Å²) in [7, 11) is 0. The van der Waals surface area contributed by atoms with Gasteiger partial charge >= 0.3 is 0 Å². The molecule has 0 saturated carbocycles. The lowest BCUT2D eigenvalue weighted by atomic mass is 10.0. The van der Waals surface area contributed by atoms with Crippen LogP contribution in [-0.4, -0.2) is 52.2 Å². The summed E-state index contributed by atoms with van der Waals surface area (Å²) in [5.41, 5.74) is 8.29. The summed E-state index contributed by atoms with van der Waals surface area (Å²) in [5, 5.41) is 6.77. The van der Waals surface area contributed by atoms with E-state index in [4.69, 9.17) is 14.7 Å². The molecule has 7 rings (SSSR count). The Balaban J connectivity index is 1.25. The van der Waals surface area contributed by atoms with Gasteiger partial charge in [0.15, 0.2) is 0 Å². The predicted molar refractivity (Wildman–Crippen MR) is 159 cm³/mol. The zero-order chi connectivity index (χ0) is 27.9. The van der Waals surface area contributed by atoms with Crippen LogP contribution in [0.1, 0.15) is 28.2 Å². The van der Waals surface area contributed by atoms with Crippen LogP contribution >= 0.6 is 0 Å². The van der Waals surface area contributed by atoms with Crippen molar-refractivity contribution in [2.24, 2.45) is 0 Å². The molecule has 0 bridgehead atoms. The predicted octanol–water partition coefficient (Wildman–Crippen LogP) is 5.15. The number of hydrogen-bond acceptors (Lipinski definition) is 7. The lowest BCUT2D eigenvalue weighted by Crippen LogP contribution is -2.51. The molecule has 0 amide bonds. The van der Waals surface area contributed by atoms with E-state index in [0.29, 0.717) is 38.1 Å². The minimum absolute atomic E-state index is 0.241. The molecule has 1 fully saturated rings. The topological polar surface area (TPSA) is 91.0 Å². The number of halogens is 1. The second-order valence-corrected chi connectivity index (χ2v) is 10.9. The number of aromatic amines is 1. The fourth-order valence-corrected chi connectivity index (χ4v) is 5.57. The SMILES string of the molecule is Cc1nc2ccc(-c3ccc4c(c3)CN(c3nc(NC5CNC5)nc(C)c3Cc3ccc(F)cc3)CCO4)cc2[nH]1. The summed E-state index contributed by atoms with van der Waals surface area (Å²) in [6.07, 6.45) is 0.612. The van der Waals surface area contributed by atoms with E-state index in [1.165, 1.54) is 12.1 Å². The maximum absolute atomic E-state index is 13.6. The van der Waals surface area contributed by atoms with Crippen molar-refractivity contribution in [2.45, 2.75) is 32.9 Å². The van der Waals surface area contributed by atoms with E-state index >= 15 is 0 Å². The molecule has 0 unspecified atom stereocenters. The number of nitrogens with zero attached hydrogens (tertiary/aromatic N) is 4. The number of nitrogens with one attached hydrogen (secondary N) is 3. The van der Waals surface area contributed by atoms with Gasteiger partial charge < -0.3 is 25.3 Å². The Kier molecular flexibility index (Phi) is 6.51. The third-order valence-corrected chi connectivity index (χ3v) is 7.87. The number of aromatic nitrogens is 4. The molecule has 9 heteroatoms. The highest BCUT2D eigenvalue weighted by Crippen LogP contribution is 2.34. The van der Waals surface area contributed by atoms with Crippen molar-refractivity contribution >= 4 is 22.8 Å². The van der Waals surface area contributed by atoms with Gasteiger partial charge in [-0.25, -0.2) is 14.4 Å². The van der Waals surface area contributed by atoms with Crippen LogP contribution in [0.15, 0.2) is 60.7 Å². The first-order valence-electron chi connectivity index (χ1n) is 14.0. The molecule has 2 aromatic heterocycles. The standard InChI is InChI=1S/C32H32FN7O/c1-19-27(13-21-3-7-25(33)8-4-21)31(39-32(35-19)38-26-16-34-17-26)40-11-12-41-30-10-6-22(14-24(30)18-40)23-5-9-28-29(15-23)37-20(2)36-28/h3-10,14-15,26,34H,11-13,16-18H2,1-2H3,(H,36,37)(H,35,38,39). The van der Waals surface area contributed by atoms with E-state index in [-0.39, 0.29) is 5.82 Å². The highest BCUT2D eigenvalue weighted by atomic mass is 19.1. The molecule has 8 nitrogen and oxygen atoms in total. The summed E-state index contributed by atoms with van der Waals surface area (Å²) >= 11 is 0. The molecule has 2 aliphatic heterocycles. The van der Waals surface area contributed by atoms with Crippen molar-refractivity contribution < 1.29 is 9.13 Å². The number of imidazole rings is 1. The fourth-order valence-electron chi connectivity index (χ4n) is 5.57. The van der Waals surface area contributed by atoms with Crippen molar-refractivity contribution in [3.05, 3.63) is 94.7 Å². The molecule has 0 spiro atoms. The zero-order valence-corrected chi connectivity index (χ0v) is 23.2. The van der Waals surface area contributed by atoms with Gasteiger partial charge in [-0.05, 0) is 66.9 Å². The van der Waals surface area contributed by atoms with Crippen LogP contribution in [0.2, 0.25) is 0 Å². The van der Waals surface area contributed by atoms with Crippen LogP contribution in [-0.2, 0) is 13.0 Å². The molecule has 41 heavy (non-hydrogen) atoms. The number of fused-ring (bicyclic) bond motifs is 2. The summed E-state index contributed by atoms with van der Waals surface area (Å²) in [5.74, 6) is 3.07. The van der Waals surface area contributed by atoms with Crippen molar-refractivity contribution in [2.75, 3.05) is 36.5 Å². The van der Waals surface area contributed by atoms with Gasteiger partial charge in [0.1, 0.15) is 29.8 Å². The molecule has 0 atom stereocenters. The van der Waals surface area contributed by atoms with Gasteiger partial charge in [0.05, 0.1) is 23.6 Å². The second kappa shape index (κ2) is 10.5. The Morgan fingerprint density at radius 2 is 1.78 bits per heavy atom. The Bertz CT molecular complexity index is 1730. The molecule has 3 N–H and O–H groups in total. The second-order valence-electron chi connectivity index (χ2n) is 10.9. The number of aryl methyl sites for hydroxylation is 2. The molecule has 3 aromatic carbocycles. The molecular weight excluding hydrogens is 517 g/mol. The van der Waals surface area contributed by atoms with E-state index in [9.17, 15) is 4.39 Å². The zero-order valence-electron chi connectivity index (χ0n) is 23.2. The van der Waals surface area contributed by atoms with Crippen LogP contribution in [0.25, 0.3) is 22.2 Å². The van der Waals surface area contributed by atoms with Crippen LogP contribution in [0.5, 0.6) is 5.75 Å². The number of H-pyrrole nitrogens is 1. The molecule has 0 aliphatic carbocycles.